The monoisotopic (exact) mass is 391 g/mol. The fourth-order valence-corrected chi connectivity index (χ4v) is 3.89. The Morgan fingerprint density at radius 2 is 1.83 bits per heavy atom. The first kappa shape index (κ1) is 19.2. The highest BCUT2D eigenvalue weighted by Gasteiger charge is 2.31. The first-order valence-electron chi connectivity index (χ1n) is 9.77. The predicted molar refractivity (Wildman–Crippen MR) is 112 cm³/mol. The van der Waals surface area contributed by atoms with Crippen molar-refractivity contribution >= 4 is 22.7 Å². The molecule has 2 aromatic carbocycles. The lowest BCUT2D eigenvalue weighted by molar-refractivity contribution is -0.130. The molecule has 7 nitrogen and oxygen atoms in total. The number of rotatable bonds is 4. The van der Waals surface area contributed by atoms with Crippen LogP contribution in [0.3, 0.4) is 0 Å². The summed E-state index contributed by atoms with van der Waals surface area (Å²) in [6.45, 7) is 2.02. The molecule has 2 amide bonds. The summed E-state index contributed by atoms with van der Waals surface area (Å²) in [6, 6.07) is 16.4. The van der Waals surface area contributed by atoms with E-state index in [0.29, 0.717) is 12.8 Å². The second-order valence-electron chi connectivity index (χ2n) is 7.48. The number of para-hydroxylation sites is 1. The summed E-state index contributed by atoms with van der Waals surface area (Å²) in [5, 5.41) is 4.43. The minimum Gasteiger partial charge on any atom is -0.357 e. The topological polar surface area (TPSA) is 112 Å². The van der Waals surface area contributed by atoms with Crippen molar-refractivity contribution in [2.24, 2.45) is 5.73 Å². The van der Waals surface area contributed by atoms with Crippen LogP contribution in [0.1, 0.15) is 29.8 Å². The minimum absolute atomic E-state index is 0.00191. The van der Waals surface area contributed by atoms with Crippen LogP contribution in [-0.2, 0) is 22.4 Å². The lowest BCUT2D eigenvalue weighted by atomic mass is 9.94. The molecule has 150 valence electrons. The van der Waals surface area contributed by atoms with Crippen molar-refractivity contribution in [3.8, 4) is 0 Å². The molecular formula is C22H25N5O2. The van der Waals surface area contributed by atoms with E-state index in [1.165, 1.54) is 0 Å². The fourth-order valence-electron chi connectivity index (χ4n) is 3.89. The summed E-state index contributed by atoms with van der Waals surface area (Å²) in [7, 11) is 0. The van der Waals surface area contributed by atoms with Gasteiger partial charge in [0.15, 0.2) is 0 Å². The van der Waals surface area contributed by atoms with Crippen molar-refractivity contribution in [1.29, 1.82) is 0 Å². The van der Waals surface area contributed by atoms with Crippen LogP contribution in [-0.4, -0.2) is 28.9 Å². The van der Waals surface area contributed by atoms with Crippen LogP contribution < -0.4 is 21.9 Å². The third-order valence-electron chi connectivity index (χ3n) is 5.40. The van der Waals surface area contributed by atoms with Crippen LogP contribution in [0.4, 0.5) is 0 Å². The van der Waals surface area contributed by atoms with Gasteiger partial charge in [0.1, 0.15) is 0 Å². The molecule has 1 aromatic heterocycles. The van der Waals surface area contributed by atoms with Crippen LogP contribution in [0.5, 0.6) is 0 Å². The number of hydrazine groups is 1. The third kappa shape index (κ3) is 4.01. The molecule has 0 saturated heterocycles. The van der Waals surface area contributed by atoms with E-state index >= 15 is 0 Å². The lowest BCUT2D eigenvalue weighted by Crippen LogP contribution is -2.56. The van der Waals surface area contributed by atoms with Crippen molar-refractivity contribution in [2.75, 3.05) is 0 Å². The zero-order valence-corrected chi connectivity index (χ0v) is 16.2. The summed E-state index contributed by atoms with van der Waals surface area (Å²) in [5.74, 6) is -0.702. The molecule has 0 saturated carbocycles. The highest BCUT2D eigenvalue weighted by Crippen LogP contribution is 2.31. The summed E-state index contributed by atoms with van der Waals surface area (Å²) in [6.07, 6.45) is 0.946. The maximum absolute atomic E-state index is 12.7. The van der Waals surface area contributed by atoms with E-state index in [-0.39, 0.29) is 11.9 Å². The molecule has 2 heterocycles. The van der Waals surface area contributed by atoms with Crippen LogP contribution in [0.2, 0.25) is 0 Å². The molecule has 3 atom stereocenters. The van der Waals surface area contributed by atoms with Gasteiger partial charge in [-0.15, -0.1) is 0 Å². The quantitative estimate of drug-likeness (QED) is 0.434. The van der Waals surface area contributed by atoms with E-state index in [1.807, 2.05) is 55.5 Å². The van der Waals surface area contributed by atoms with Gasteiger partial charge in [0.05, 0.1) is 12.1 Å². The molecule has 1 aliphatic heterocycles. The van der Waals surface area contributed by atoms with E-state index in [9.17, 15) is 9.59 Å². The van der Waals surface area contributed by atoms with E-state index < -0.39 is 18.0 Å². The number of hydrogen-bond acceptors (Lipinski definition) is 4. The Morgan fingerprint density at radius 3 is 2.62 bits per heavy atom. The van der Waals surface area contributed by atoms with Gasteiger partial charge in [-0.25, -0.2) is 0 Å². The smallest absolute Gasteiger partial charge is 0.255 e. The molecule has 0 radical (unpaired) electrons. The third-order valence-corrected chi connectivity index (χ3v) is 5.40. The standard InChI is InChI=1S/C22H25N5O2/c1-13-20-16(15-9-5-6-10-18(15)25-20)12-19(24-13)22(29)27-26-21(28)17(23)11-14-7-3-2-4-8-14/h2-10,13,17,19,24-25H,11-12,23H2,1H3,(H,26,28)(H,27,29)/t13-,17-,19-/m0/s1. The van der Waals surface area contributed by atoms with Gasteiger partial charge in [-0.1, -0.05) is 48.5 Å². The van der Waals surface area contributed by atoms with Crippen molar-refractivity contribution in [1.82, 2.24) is 21.2 Å². The Hall–Kier alpha value is -3.16. The van der Waals surface area contributed by atoms with Crippen molar-refractivity contribution < 1.29 is 9.59 Å². The number of nitrogens with one attached hydrogen (secondary N) is 4. The number of amides is 2. The lowest BCUT2D eigenvalue weighted by Gasteiger charge is -2.28. The van der Waals surface area contributed by atoms with Gasteiger partial charge in [0, 0.05) is 22.6 Å². The molecule has 1 aliphatic rings. The second kappa shape index (κ2) is 8.06. The number of hydrogen-bond donors (Lipinski definition) is 5. The fraction of sp³-hybridized carbons (Fsp3) is 0.273. The number of carbonyl (C=O) groups excluding carboxylic acids is 2. The average molecular weight is 391 g/mol. The number of nitrogens with two attached hydrogens (primary N) is 1. The van der Waals surface area contributed by atoms with Gasteiger partial charge < -0.3 is 10.7 Å². The number of aromatic amines is 1. The Kier molecular flexibility index (Phi) is 5.33. The van der Waals surface area contributed by atoms with Gasteiger partial charge in [0.25, 0.3) is 11.8 Å². The highest BCUT2D eigenvalue weighted by atomic mass is 16.2. The maximum atomic E-state index is 12.7. The number of carbonyl (C=O) groups is 2. The maximum Gasteiger partial charge on any atom is 0.255 e. The Balaban J connectivity index is 1.37. The molecule has 0 unspecified atom stereocenters. The number of H-pyrrole nitrogens is 1. The number of aromatic nitrogens is 1. The predicted octanol–water partition coefficient (Wildman–Crippen LogP) is 1.46. The van der Waals surface area contributed by atoms with E-state index in [2.05, 4.69) is 27.2 Å². The first-order valence-corrected chi connectivity index (χ1v) is 9.77. The summed E-state index contributed by atoms with van der Waals surface area (Å²) in [4.78, 5) is 28.3. The second-order valence-corrected chi connectivity index (χ2v) is 7.48. The molecule has 0 fully saturated rings. The van der Waals surface area contributed by atoms with Gasteiger partial charge in [-0.3, -0.25) is 25.8 Å². The van der Waals surface area contributed by atoms with Crippen molar-refractivity contribution in [2.45, 2.75) is 37.9 Å². The molecule has 0 aliphatic carbocycles. The zero-order chi connectivity index (χ0) is 20.4. The number of benzene rings is 2. The number of fused-ring (bicyclic) bond motifs is 3. The minimum atomic E-state index is -0.740. The highest BCUT2D eigenvalue weighted by molar-refractivity contribution is 5.90. The molecule has 4 rings (SSSR count). The molecule has 3 aromatic rings. The molecule has 6 N–H and O–H groups in total. The summed E-state index contributed by atoms with van der Waals surface area (Å²) >= 11 is 0. The van der Waals surface area contributed by atoms with E-state index in [4.69, 9.17) is 5.73 Å². The molecule has 7 heteroatoms. The Bertz CT molecular complexity index is 1030. The van der Waals surface area contributed by atoms with Crippen molar-refractivity contribution in [3.63, 3.8) is 0 Å². The molecule has 0 bridgehead atoms. The normalized spacial score (nSPS) is 19.4. The molecular weight excluding hydrogens is 366 g/mol. The SMILES string of the molecule is C[C@@H]1N[C@H](C(=O)NNC(=O)[C@@H](N)Cc2ccccc2)Cc2c1[nH]c1ccccc21. The van der Waals surface area contributed by atoms with Crippen LogP contribution in [0.25, 0.3) is 10.9 Å². The van der Waals surface area contributed by atoms with Gasteiger partial charge in [-0.2, -0.15) is 0 Å². The van der Waals surface area contributed by atoms with Crippen LogP contribution in [0.15, 0.2) is 54.6 Å². The largest absolute Gasteiger partial charge is 0.357 e. The van der Waals surface area contributed by atoms with E-state index in [0.717, 1.165) is 27.7 Å². The average Bonchev–Trinajstić information content (AvgIpc) is 3.12. The van der Waals surface area contributed by atoms with Gasteiger partial charge in [0.2, 0.25) is 0 Å². The van der Waals surface area contributed by atoms with Gasteiger partial charge >= 0.3 is 0 Å². The molecule has 0 spiro atoms. The Labute approximate surface area is 169 Å². The Morgan fingerprint density at radius 1 is 1.10 bits per heavy atom. The van der Waals surface area contributed by atoms with Crippen LogP contribution >= 0.6 is 0 Å². The first-order chi connectivity index (χ1) is 14.0. The van der Waals surface area contributed by atoms with E-state index in [1.54, 1.807) is 0 Å². The van der Waals surface area contributed by atoms with Gasteiger partial charge in [-0.05, 0) is 37.0 Å². The van der Waals surface area contributed by atoms with Crippen molar-refractivity contribution in [3.05, 3.63) is 71.4 Å². The molecule has 29 heavy (non-hydrogen) atoms. The summed E-state index contributed by atoms with van der Waals surface area (Å²) in [5.41, 5.74) is 15.2. The zero-order valence-electron chi connectivity index (χ0n) is 16.2. The van der Waals surface area contributed by atoms with Crippen LogP contribution in [0, 0.1) is 0 Å². The summed E-state index contributed by atoms with van der Waals surface area (Å²) < 4.78 is 0.